The Morgan fingerprint density at radius 2 is 1.65 bits per heavy atom. The second kappa shape index (κ2) is 12.3. The summed E-state index contributed by atoms with van der Waals surface area (Å²) in [6.07, 6.45) is 1.27. The smallest absolute Gasteiger partial charge is 0.244 e. The molecule has 0 bridgehead atoms. The van der Waals surface area contributed by atoms with Gasteiger partial charge in [-0.25, -0.2) is 8.42 Å². The van der Waals surface area contributed by atoms with Crippen LogP contribution < -0.4 is 9.62 Å². The molecule has 2 amide bonds. The Bertz CT molecular complexity index is 1160. The molecule has 0 aliphatic carbocycles. The number of hydrogen-bond acceptors (Lipinski definition) is 4. The van der Waals surface area contributed by atoms with Crippen LogP contribution in [0.1, 0.15) is 25.8 Å². The summed E-state index contributed by atoms with van der Waals surface area (Å²) in [6, 6.07) is 8.31. The summed E-state index contributed by atoms with van der Waals surface area (Å²) in [4.78, 5) is 27.6. The quantitative estimate of drug-likeness (QED) is 0.436. The Hall–Kier alpha value is -1.71. The number of nitrogens with zero attached hydrogens (tertiary/aromatic N) is 2. The van der Waals surface area contributed by atoms with Crippen LogP contribution in [0.2, 0.25) is 20.1 Å². The Kier molecular flexibility index (Phi) is 10.3. The molecule has 0 heterocycles. The zero-order valence-corrected chi connectivity index (χ0v) is 22.7. The van der Waals surface area contributed by atoms with E-state index in [4.69, 9.17) is 46.4 Å². The summed E-state index contributed by atoms with van der Waals surface area (Å²) in [5, 5.41) is 3.75. The van der Waals surface area contributed by atoms with Crippen molar-refractivity contribution in [1.82, 2.24) is 10.2 Å². The minimum Gasteiger partial charge on any atom is -0.355 e. The fourth-order valence-electron chi connectivity index (χ4n) is 3.32. The van der Waals surface area contributed by atoms with Gasteiger partial charge in [-0.2, -0.15) is 0 Å². The number of rotatable bonds is 10. The Balaban J connectivity index is 2.48. The predicted octanol–water partition coefficient (Wildman–Crippen LogP) is 5.01. The molecule has 7 nitrogen and oxygen atoms in total. The van der Waals surface area contributed by atoms with E-state index in [-0.39, 0.29) is 23.2 Å². The summed E-state index contributed by atoms with van der Waals surface area (Å²) < 4.78 is 26.1. The van der Waals surface area contributed by atoms with Crippen LogP contribution in [0.15, 0.2) is 36.4 Å². The molecule has 1 N–H and O–H groups in total. The van der Waals surface area contributed by atoms with Crippen molar-refractivity contribution in [2.75, 3.05) is 23.7 Å². The standard InChI is InChI=1S/C22H25Cl4N3O4S/c1-4-19(22(31)27-5-2)28(12-14-6-8-16(24)17(25)10-14)21(30)13-29(34(3,32)33)20-9-7-15(23)11-18(20)26/h6-11,19H,4-5,12-13H2,1-3H3,(H,27,31)/t19-/m1/s1. The first kappa shape index (κ1) is 28.5. The largest absolute Gasteiger partial charge is 0.355 e. The van der Waals surface area contributed by atoms with Crippen LogP contribution in [-0.4, -0.2) is 50.5 Å². The highest BCUT2D eigenvalue weighted by Crippen LogP contribution is 2.31. The van der Waals surface area contributed by atoms with Gasteiger partial charge in [0.1, 0.15) is 12.6 Å². The lowest BCUT2D eigenvalue weighted by molar-refractivity contribution is -0.140. The van der Waals surface area contributed by atoms with Crippen molar-refractivity contribution in [2.24, 2.45) is 0 Å². The number of anilines is 1. The molecule has 0 aliphatic heterocycles. The molecule has 2 aromatic carbocycles. The number of benzene rings is 2. The van der Waals surface area contributed by atoms with Crippen molar-refractivity contribution in [3.8, 4) is 0 Å². The monoisotopic (exact) mass is 567 g/mol. The second-order valence-corrected chi connectivity index (χ2v) is 11.0. The lowest BCUT2D eigenvalue weighted by Crippen LogP contribution is -2.52. The van der Waals surface area contributed by atoms with Gasteiger partial charge in [-0.3, -0.25) is 13.9 Å². The highest BCUT2D eigenvalue weighted by molar-refractivity contribution is 7.92. The van der Waals surface area contributed by atoms with E-state index < -0.39 is 28.5 Å². The Labute approximate surface area is 220 Å². The molecule has 2 aromatic rings. The molecule has 186 valence electrons. The topological polar surface area (TPSA) is 86.8 Å². The van der Waals surface area contributed by atoms with Crippen LogP contribution in [0.3, 0.4) is 0 Å². The van der Waals surface area contributed by atoms with Crippen molar-refractivity contribution in [3.05, 3.63) is 62.1 Å². The Morgan fingerprint density at radius 1 is 0.971 bits per heavy atom. The van der Waals surface area contributed by atoms with Gasteiger partial charge in [0.25, 0.3) is 0 Å². The molecule has 2 rings (SSSR count). The number of sulfonamides is 1. The van der Waals surface area contributed by atoms with Crippen molar-refractivity contribution in [3.63, 3.8) is 0 Å². The third-order valence-corrected chi connectivity index (χ3v) is 7.33. The number of hydrogen-bond donors (Lipinski definition) is 1. The zero-order chi connectivity index (χ0) is 25.6. The van der Waals surface area contributed by atoms with E-state index in [1.54, 1.807) is 32.0 Å². The average Bonchev–Trinajstić information content (AvgIpc) is 2.74. The highest BCUT2D eigenvalue weighted by Gasteiger charge is 2.32. The first-order valence-electron chi connectivity index (χ1n) is 10.3. The number of amides is 2. The van der Waals surface area contributed by atoms with Crippen molar-refractivity contribution < 1.29 is 18.0 Å². The van der Waals surface area contributed by atoms with E-state index in [0.717, 1.165) is 10.6 Å². The van der Waals surface area contributed by atoms with Gasteiger partial charge in [0.05, 0.1) is 27.0 Å². The van der Waals surface area contributed by atoms with Crippen molar-refractivity contribution in [1.29, 1.82) is 0 Å². The fraction of sp³-hybridized carbons (Fsp3) is 0.364. The van der Waals surface area contributed by atoms with Crippen LogP contribution in [0.4, 0.5) is 5.69 Å². The highest BCUT2D eigenvalue weighted by atomic mass is 35.5. The minimum absolute atomic E-state index is 0.0112. The van der Waals surface area contributed by atoms with E-state index >= 15 is 0 Å². The number of nitrogens with one attached hydrogen (secondary N) is 1. The van der Waals surface area contributed by atoms with E-state index in [1.807, 2.05) is 0 Å². The summed E-state index contributed by atoms with van der Waals surface area (Å²) in [5.41, 5.74) is 0.725. The minimum atomic E-state index is -3.91. The third kappa shape index (κ3) is 7.39. The summed E-state index contributed by atoms with van der Waals surface area (Å²) in [5.74, 6) is -0.950. The van der Waals surface area contributed by atoms with E-state index in [9.17, 15) is 18.0 Å². The van der Waals surface area contributed by atoms with Gasteiger partial charge in [-0.1, -0.05) is 59.4 Å². The first-order valence-corrected chi connectivity index (χ1v) is 13.7. The molecule has 0 saturated carbocycles. The molecule has 0 unspecified atom stereocenters. The molecule has 0 aromatic heterocycles. The maximum atomic E-state index is 13.5. The molecule has 0 radical (unpaired) electrons. The molecule has 0 fully saturated rings. The maximum Gasteiger partial charge on any atom is 0.244 e. The molecule has 1 atom stereocenters. The van der Waals surface area contributed by atoms with Crippen LogP contribution >= 0.6 is 46.4 Å². The lowest BCUT2D eigenvalue weighted by Gasteiger charge is -2.33. The number of carbonyl (C=O) groups is 2. The molecular weight excluding hydrogens is 544 g/mol. The number of halogens is 4. The normalized spacial score (nSPS) is 12.2. The van der Waals surface area contributed by atoms with Gasteiger partial charge >= 0.3 is 0 Å². The molecule has 0 aliphatic rings. The number of likely N-dealkylation sites (N-methyl/N-ethyl adjacent to an activating group) is 1. The zero-order valence-electron chi connectivity index (χ0n) is 18.8. The van der Waals surface area contributed by atoms with E-state index in [1.165, 1.54) is 23.1 Å². The predicted molar refractivity (Wildman–Crippen MR) is 138 cm³/mol. The van der Waals surface area contributed by atoms with E-state index in [0.29, 0.717) is 33.6 Å². The second-order valence-electron chi connectivity index (χ2n) is 7.45. The van der Waals surface area contributed by atoms with Crippen LogP contribution in [0.5, 0.6) is 0 Å². The van der Waals surface area contributed by atoms with Gasteiger partial charge in [0, 0.05) is 18.1 Å². The summed E-state index contributed by atoms with van der Waals surface area (Å²) in [7, 11) is -3.91. The summed E-state index contributed by atoms with van der Waals surface area (Å²) in [6.45, 7) is 3.35. The third-order valence-electron chi connectivity index (χ3n) is 4.93. The Morgan fingerprint density at radius 3 is 2.18 bits per heavy atom. The molecule has 0 spiro atoms. The van der Waals surface area contributed by atoms with Crippen molar-refractivity contribution >= 4 is 73.9 Å². The van der Waals surface area contributed by atoms with Crippen LogP contribution in [-0.2, 0) is 26.2 Å². The van der Waals surface area contributed by atoms with Gasteiger partial charge in [0.15, 0.2) is 0 Å². The molecule has 12 heteroatoms. The first-order chi connectivity index (χ1) is 15.9. The SMILES string of the molecule is CCNC(=O)[C@@H](CC)N(Cc1ccc(Cl)c(Cl)c1)C(=O)CN(c1ccc(Cl)cc1Cl)S(C)(=O)=O. The van der Waals surface area contributed by atoms with Crippen LogP contribution in [0, 0.1) is 0 Å². The number of carbonyl (C=O) groups excluding carboxylic acids is 2. The van der Waals surface area contributed by atoms with Crippen molar-refractivity contribution in [2.45, 2.75) is 32.9 Å². The van der Waals surface area contributed by atoms with Gasteiger partial charge in [-0.05, 0) is 49.2 Å². The van der Waals surface area contributed by atoms with Gasteiger partial charge in [0.2, 0.25) is 21.8 Å². The molecule has 34 heavy (non-hydrogen) atoms. The van der Waals surface area contributed by atoms with Gasteiger partial charge in [-0.15, -0.1) is 0 Å². The summed E-state index contributed by atoms with van der Waals surface area (Å²) >= 11 is 24.3. The fourth-order valence-corrected chi connectivity index (χ4v) is 5.07. The molecular formula is C22H25Cl4N3O4S. The lowest BCUT2D eigenvalue weighted by atomic mass is 10.1. The maximum absolute atomic E-state index is 13.5. The average molecular weight is 569 g/mol. The van der Waals surface area contributed by atoms with Gasteiger partial charge < -0.3 is 10.2 Å². The van der Waals surface area contributed by atoms with Crippen LogP contribution in [0.25, 0.3) is 0 Å². The van der Waals surface area contributed by atoms with E-state index in [2.05, 4.69) is 5.32 Å². The molecule has 0 saturated heterocycles.